The standard InChI is InChI=1S/C9H7F4NO/c1-14-9(15)4-2-5(10)7(8(12)13)6(11)3-4/h2-3,8H,1H3,(H,14,15). The van der Waals surface area contributed by atoms with E-state index in [1.165, 1.54) is 7.05 Å². The van der Waals surface area contributed by atoms with Crippen LogP contribution < -0.4 is 5.32 Å². The fourth-order valence-electron chi connectivity index (χ4n) is 1.07. The molecule has 0 aromatic heterocycles. The van der Waals surface area contributed by atoms with Gasteiger partial charge in [-0.25, -0.2) is 17.6 Å². The molecule has 1 rings (SSSR count). The van der Waals surface area contributed by atoms with Gasteiger partial charge in [-0.2, -0.15) is 0 Å². The van der Waals surface area contributed by atoms with Crippen molar-refractivity contribution in [2.45, 2.75) is 6.43 Å². The predicted octanol–water partition coefficient (Wildman–Crippen LogP) is 2.26. The molecule has 0 radical (unpaired) electrons. The van der Waals surface area contributed by atoms with E-state index >= 15 is 0 Å². The van der Waals surface area contributed by atoms with Crippen LogP contribution in [0.15, 0.2) is 12.1 Å². The number of benzene rings is 1. The van der Waals surface area contributed by atoms with Crippen LogP contribution in [0.2, 0.25) is 0 Å². The molecule has 0 heterocycles. The van der Waals surface area contributed by atoms with Gasteiger partial charge >= 0.3 is 0 Å². The zero-order chi connectivity index (χ0) is 11.6. The summed E-state index contributed by atoms with van der Waals surface area (Å²) in [6.07, 6.45) is -3.25. The van der Waals surface area contributed by atoms with Crippen LogP contribution in [0.1, 0.15) is 22.3 Å². The molecule has 1 N–H and O–H groups in total. The molecule has 0 aliphatic rings. The van der Waals surface area contributed by atoms with Crippen LogP contribution in [-0.4, -0.2) is 13.0 Å². The van der Waals surface area contributed by atoms with Crippen molar-refractivity contribution in [3.8, 4) is 0 Å². The summed E-state index contributed by atoms with van der Waals surface area (Å²) in [6.45, 7) is 0. The van der Waals surface area contributed by atoms with Crippen LogP contribution in [0.25, 0.3) is 0 Å². The third-order valence-corrected chi connectivity index (χ3v) is 1.79. The molecule has 0 atom stereocenters. The minimum atomic E-state index is -3.25. The van der Waals surface area contributed by atoms with Gasteiger partial charge in [-0.15, -0.1) is 0 Å². The Hall–Kier alpha value is -1.59. The lowest BCUT2D eigenvalue weighted by atomic mass is 10.1. The van der Waals surface area contributed by atoms with Gasteiger partial charge < -0.3 is 5.32 Å². The van der Waals surface area contributed by atoms with Gasteiger partial charge in [-0.3, -0.25) is 4.79 Å². The van der Waals surface area contributed by atoms with E-state index in [1.54, 1.807) is 0 Å². The third kappa shape index (κ3) is 2.26. The summed E-state index contributed by atoms with van der Waals surface area (Å²) in [5.74, 6) is -3.60. The van der Waals surface area contributed by atoms with E-state index in [9.17, 15) is 22.4 Å². The van der Waals surface area contributed by atoms with Crippen molar-refractivity contribution >= 4 is 5.91 Å². The first kappa shape index (κ1) is 11.5. The van der Waals surface area contributed by atoms with Crippen molar-refractivity contribution < 1.29 is 22.4 Å². The molecule has 0 aliphatic heterocycles. The number of rotatable bonds is 2. The fraction of sp³-hybridized carbons (Fsp3) is 0.222. The highest BCUT2D eigenvalue weighted by Gasteiger charge is 2.21. The Labute approximate surface area is 82.9 Å². The van der Waals surface area contributed by atoms with Gasteiger partial charge in [0.05, 0.1) is 5.56 Å². The van der Waals surface area contributed by atoms with E-state index in [-0.39, 0.29) is 5.56 Å². The first-order valence-corrected chi connectivity index (χ1v) is 3.96. The summed E-state index contributed by atoms with van der Waals surface area (Å²) in [5, 5.41) is 2.12. The Morgan fingerprint density at radius 2 is 1.73 bits per heavy atom. The Balaban J connectivity index is 3.25. The second-order valence-corrected chi connectivity index (χ2v) is 2.73. The average Bonchev–Trinajstić information content (AvgIpc) is 2.14. The summed E-state index contributed by atoms with van der Waals surface area (Å²) in [4.78, 5) is 11.0. The van der Waals surface area contributed by atoms with Gasteiger partial charge in [-0.05, 0) is 12.1 Å². The van der Waals surface area contributed by atoms with E-state index in [0.717, 1.165) is 0 Å². The maximum absolute atomic E-state index is 13.0. The van der Waals surface area contributed by atoms with Crippen LogP contribution >= 0.6 is 0 Å². The number of carbonyl (C=O) groups is 1. The second kappa shape index (κ2) is 4.29. The maximum Gasteiger partial charge on any atom is 0.269 e. The van der Waals surface area contributed by atoms with Gasteiger partial charge in [0, 0.05) is 12.6 Å². The highest BCUT2D eigenvalue weighted by Crippen LogP contribution is 2.26. The molecular weight excluding hydrogens is 214 g/mol. The molecule has 1 amide bonds. The van der Waals surface area contributed by atoms with Crippen LogP contribution in [0.3, 0.4) is 0 Å². The van der Waals surface area contributed by atoms with Crippen molar-refractivity contribution in [2.75, 3.05) is 7.05 Å². The minimum Gasteiger partial charge on any atom is -0.355 e. The monoisotopic (exact) mass is 221 g/mol. The van der Waals surface area contributed by atoms with Gasteiger partial charge in [0.2, 0.25) is 0 Å². The van der Waals surface area contributed by atoms with Crippen molar-refractivity contribution in [2.24, 2.45) is 0 Å². The van der Waals surface area contributed by atoms with Crippen LogP contribution in [0, 0.1) is 11.6 Å². The zero-order valence-electron chi connectivity index (χ0n) is 7.65. The van der Waals surface area contributed by atoms with E-state index < -0.39 is 29.5 Å². The number of hydrogen-bond donors (Lipinski definition) is 1. The smallest absolute Gasteiger partial charge is 0.269 e. The molecule has 0 saturated carbocycles. The van der Waals surface area contributed by atoms with E-state index in [4.69, 9.17) is 0 Å². The quantitative estimate of drug-likeness (QED) is 0.762. The predicted molar refractivity (Wildman–Crippen MR) is 44.7 cm³/mol. The highest BCUT2D eigenvalue weighted by atomic mass is 19.3. The van der Waals surface area contributed by atoms with Gasteiger partial charge in [0.15, 0.2) is 0 Å². The lowest BCUT2D eigenvalue weighted by Crippen LogP contribution is -2.18. The lowest BCUT2D eigenvalue weighted by Gasteiger charge is -2.06. The number of alkyl halides is 2. The Bertz CT molecular complexity index is 369. The van der Waals surface area contributed by atoms with Gasteiger partial charge in [0.1, 0.15) is 11.6 Å². The number of amides is 1. The molecule has 6 heteroatoms. The minimum absolute atomic E-state index is 0.336. The number of hydrogen-bond acceptors (Lipinski definition) is 1. The summed E-state index contributed by atoms with van der Waals surface area (Å²) < 4.78 is 50.2. The molecule has 0 fully saturated rings. The Kier molecular flexibility index (Phi) is 3.28. The summed E-state index contributed by atoms with van der Waals surface area (Å²) >= 11 is 0. The molecule has 0 spiro atoms. The molecule has 82 valence electrons. The van der Waals surface area contributed by atoms with E-state index in [1.807, 2.05) is 0 Å². The summed E-state index contributed by atoms with van der Waals surface area (Å²) in [7, 11) is 1.26. The van der Waals surface area contributed by atoms with Crippen molar-refractivity contribution in [3.05, 3.63) is 34.9 Å². The topological polar surface area (TPSA) is 29.1 Å². The summed E-state index contributed by atoms with van der Waals surface area (Å²) in [6, 6.07) is 1.15. The van der Waals surface area contributed by atoms with Crippen LogP contribution in [0.4, 0.5) is 17.6 Å². The third-order valence-electron chi connectivity index (χ3n) is 1.79. The van der Waals surface area contributed by atoms with Crippen LogP contribution in [-0.2, 0) is 0 Å². The fourth-order valence-corrected chi connectivity index (χ4v) is 1.07. The number of halogens is 4. The van der Waals surface area contributed by atoms with Crippen molar-refractivity contribution in [1.29, 1.82) is 0 Å². The number of carbonyl (C=O) groups excluding carboxylic acids is 1. The SMILES string of the molecule is CNC(=O)c1cc(F)c(C(F)F)c(F)c1. The van der Waals surface area contributed by atoms with E-state index in [2.05, 4.69) is 5.32 Å². The number of nitrogens with one attached hydrogen (secondary N) is 1. The first-order valence-electron chi connectivity index (χ1n) is 3.96. The van der Waals surface area contributed by atoms with E-state index in [0.29, 0.717) is 12.1 Å². The summed E-state index contributed by atoms with van der Waals surface area (Å²) in [5.41, 5.74) is -1.65. The molecule has 1 aromatic carbocycles. The largest absolute Gasteiger partial charge is 0.355 e. The average molecular weight is 221 g/mol. The second-order valence-electron chi connectivity index (χ2n) is 2.73. The van der Waals surface area contributed by atoms with Crippen LogP contribution in [0.5, 0.6) is 0 Å². The molecule has 0 unspecified atom stereocenters. The molecule has 15 heavy (non-hydrogen) atoms. The molecule has 0 bridgehead atoms. The highest BCUT2D eigenvalue weighted by molar-refractivity contribution is 5.94. The Morgan fingerprint density at radius 3 is 2.07 bits per heavy atom. The normalized spacial score (nSPS) is 10.5. The molecule has 0 aliphatic carbocycles. The van der Waals surface area contributed by atoms with Crippen molar-refractivity contribution in [3.63, 3.8) is 0 Å². The van der Waals surface area contributed by atoms with Crippen molar-refractivity contribution in [1.82, 2.24) is 5.32 Å². The molecule has 1 aromatic rings. The molecular formula is C9H7F4NO. The first-order chi connectivity index (χ1) is 6.97. The van der Waals surface area contributed by atoms with Gasteiger partial charge in [0.25, 0.3) is 12.3 Å². The maximum atomic E-state index is 13.0. The Morgan fingerprint density at radius 1 is 1.27 bits per heavy atom. The lowest BCUT2D eigenvalue weighted by molar-refractivity contribution is 0.0960. The molecule has 2 nitrogen and oxygen atoms in total. The van der Waals surface area contributed by atoms with Gasteiger partial charge in [-0.1, -0.05) is 0 Å². The molecule has 0 saturated heterocycles. The zero-order valence-corrected chi connectivity index (χ0v) is 7.65.